The van der Waals surface area contributed by atoms with Gasteiger partial charge in [0.25, 0.3) is 0 Å². The van der Waals surface area contributed by atoms with Gasteiger partial charge in [-0.05, 0) is 23.9 Å². The average molecular weight is 378 g/mol. The number of nitrogens with two attached hydrogens (primary N) is 2. The maximum absolute atomic E-state index is 6.23. The van der Waals surface area contributed by atoms with Crippen molar-refractivity contribution in [2.45, 2.75) is 16.0 Å². The van der Waals surface area contributed by atoms with Crippen LogP contribution in [0.5, 0.6) is 0 Å². The fraction of sp³-hybridized carbons (Fsp3) is 0.143. The number of halogens is 1. The van der Waals surface area contributed by atoms with Crippen molar-refractivity contribution in [1.82, 2.24) is 24.5 Å². The molecule has 0 bridgehead atoms. The van der Waals surface area contributed by atoms with Gasteiger partial charge in [0.05, 0.1) is 15.2 Å². The summed E-state index contributed by atoms with van der Waals surface area (Å²) < 4.78 is 3.74. The summed E-state index contributed by atoms with van der Waals surface area (Å²) in [6.45, 7) is 1.05. The van der Waals surface area contributed by atoms with Crippen molar-refractivity contribution in [3.63, 3.8) is 0 Å². The molecular formula is C14H12ClN7S2. The lowest BCUT2D eigenvalue weighted by atomic mass is 10.3. The molecule has 7 nitrogen and oxygen atoms in total. The molecule has 3 heterocycles. The van der Waals surface area contributed by atoms with Gasteiger partial charge in [0.1, 0.15) is 6.33 Å². The fourth-order valence-corrected chi connectivity index (χ4v) is 4.71. The molecule has 0 radical (unpaired) electrons. The second kappa shape index (κ2) is 6.17. The molecule has 0 aliphatic heterocycles. The van der Waals surface area contributed by atoms with E-state index in [1.54, 1.807) is 0 Å². The van der Waals surface area contributed by atoms with Gasteiger partial charge in [-0.15, -0.1) is 11.3 Å². The Morgan fingerprint density at radius 2 is 2.12 bits per heavy atom. The van der Waals surface area contributed by atoms with E-state index in [1.165, 1.54) is 29.4 Å². The number of nitrogens with zero attached hydrogens (tertiary/aromatic N) is 5. The molecule has 0 saturated heterocycles. The van der Waals surface area contributed by atoms with Crippen LogP contribution in [0.1, 0.15) is 0 Å². The summed E-state index contributed by atoms with van der Waals surface area (Å²) in [5, 5.41) is 1.43. The second-order valence-corrected chi connectivity index (χ2v) is 7.56. The molecule has 0 aliphatic rings. The normalized spacial score (nSPS) is 11.6. The lowest BCUT2D eigenvalue weighted by Crippen LogP contribution is -2.11. The van der Waals surface area contributed by atoms with Gasteiger partial charge in [0, 0.05) is 13.1 Å². The fourth-order valence-electron chi connectivity index (χ4n) is 2.36. The maximum Gasteiger partial charge on any atom is 0.177 e. The summed E-state index contributed by atoms with van der Waals surface area (Å²) in [6, 6.07) is 5.68. The zero-order chi connectivity index (χ0) is 16.7. The summed E-state index contributed by atoms with van der Waals surface area (Å²) in [4.78, 5) is 17.5. The van der Waals surface area contributed by atoms with Gasteiger partial charge in [0.15, 0.2) is 26.5 Å². The van der Waals surface area contributed by atoms with E-state index in [0.717, 1.165) is 19.7 Å². The van der Waals surface area contributed by atoms with Crippen LogP contribution in [0.4, 0.5) is 5.82 Å². The Hall–Kier alpha value is -1.94. The number of aromatic nitrogens is 5. The Morgan fingerprint density at radius 3 is 2.92 bits per heavy atom. The molecule has 24 heavy (non-hydrogen) atoms. The van der Waals surface area contributed by atoms with Crippen LogP contribution in [-0.2, 0) is 6.54 Å². The van der Waals surface area contributed by atoms with Crippen LogP contribution >= 0.6 is 34.7 Å². The van der Waals surface area contributed by atoms with E-state index in [2.05, 4.69) is 19.9 Å². The Morgan fingerprint density at radius 1 is 1.25 bits per heavy atom. The number of benzene rings is 1. The minimum atomic E-state index is 0.352. The molecule has 4 aromatic rings. The van der Waals surface area contributed by atoms with Crippen LogP contribution in [0.15, 0.2) is 34.0 Å². The molecule has 0 atom stereocenters. The number of nitrogen functional groups attached to an aromatic ring is 1. The van der Waals surface area contributed by atoms with Crippen molar-refractivity contribution in [2.24, 2.45) is 5.73 Å². The summed E-state index contributed by atoms with van der Waals surface area (Å²) in [5.41, 5.74) is 13.8. The number of hydrogen-bond acceptors (Lipinski definition) is 8. The minimum Gasteiger partial charge on any atom is -0.382 e. The van der Waals surface area contributed by atoms with Gasteiger partial charge in [-0.3, -0.25) is 0 Å². The van der Waals surface area contributed by atoms with Gasteiger partial charge < -0.3 is 16.0 Å². The highest BCUT2D eigenvalue weighted by Gasteiger charge is 2.17. The summed E-state index contributed by atoms with van der Waals surface area (Å²) >= 11 is 9.20. The van der Waals surface area contributed by atoms with Crippen molar-refractivity contribution < 1.29 is 0 Å². The number of anilines is 1. The average Bonchev–Trinajstić information content (AvgIpc) is 3.12. The smallest absolute Gasteiger partial charge is 0.177 e. The Labute approximate surface area is 150 Å². The molecule has 0 unspecified atom stereocenters. The topological polar surface area (TPSA) is 109 Å². The van der Waals surface area contributed by atoms with Crippen molar-refractivity contribution in [2.75, 3.05) is 12.3 Å². The van der Waals surface area contributed by atoms with Crippen molar-refractivity contribution in [1.29, 1.82) is 0 Å². The van der Waals surface area contributed by atoms with E-state index in [9.17, 15) is 0 Å². The number of fused-ring (bicyclic) bond motifs is 2. The van der Waals surface area contributed by atoms with E-state index in [4.69, 9.17) is 23.1 Å². The van der Waals surface area contributed by atoms with E-state index in [-0.39, 0.29) is 0 Å². The summed E-state index contributed by atoms with van der Waals surface area (Å²) in [7, 11) is 0. The minimum absolute atomic E-state index is 0.352. The predicted octanol–water partition coefficient (Wildman–Crippen LogP) is 2.78. The van der Waals surface area contributed by atoms with Gasteiger partial charge >= 0.3 is 0 Å². The van der Waals surface area contributed by atoms with Crippen LogP contribution in [-0.4, -0.2) is 31.0 Å². The largest absolute Gasteiger partial charge is 0.382 e. The lowest BCUT2D eigenvalue weighted by molar-refractivity contribution is 0.657. The van der Waals surface area contributed by atoms with Crippen LogP contribution in [0.25, 0.3) is 21.4 Å². The van der Waals surface area contributed by atoms with E-state index in [0.29, 0.717) is 35.1 Å². The Bertz CT molecular complexity index is 1040. The number of rotatable bonds is 4. The molecule has 0 aliphatic carbocycles. The van der Waals surface area contributed by atoms with Gasteiger partial charge in [0.2, 0.25) is 0 Å². The third kappa shape index (κ3) is 2.59. The highest BCUT2D eigenvalue weighted by atomic mass is 35.5. The molecule has 0 amide bonds. The number of thiazole rings is 1. The quantitative estimate of drug-likeness (QED) is 0.562. The predicted molar refractivity (Wildman–Crippen MR) is 97.5 cm³/mol. The lowest BCUT2D eigenvalue weighted by Gasteiger charge is -2.04. The monoisotopic (exact) mass is 377 g/mol. The third-order valence-corrected chi connectivity index (χ3v) is 5.99. The standard InChI is InChI=1S/C14H12ClN7S2/c15-7-2-1-3-8-10(7)23-14(20-8)24-13-21-9-11(17)18-6-19-12(9)22(13)5-4-16/h1-3,6H,4-5,16H2,(H2,17,18,19). The van der Waals surface area contributed by atoms with Crippen LogP contribution in [0.2, 0.25) is 5.02 Å². The molecular weight excluding hydrogens is 366 g/mol. The molecule has 3 aromatic heterocycles. The molecule has 4 N–H and O–H groups in total. The van der Waals surface area contributed by atoms with Gasteiger partial charge in [-0.2, -0.15) is 0 Å². The maximum atomic E-state index is 6.23. The van der Waals surface area contributed by atoms with Crippen LogP contribution < -0.4 is 11.5 Å². The third-order valence-electron chi connectivity index (χ3n) is 3.40. The first-order chi connectivity index (χ1) is 11.7. The first kappa shape index (κ1) is 15.6. The van der Waals surface area contributed by atoms with Gasteiger partial charge in [-0.25, -0.2) is 19.9 Å². The molecule has 0 fully saturated rings. The van der Waals surface area contributed by atoms with E-state index < -0.39 is 0 Å². The molecule has 0 saturated carbocycles. The second-order valence-electron chi connectivity index (χ2n) is 4.94. The highest BCUT2D eigenvalue weighted by Crippen LogP contribution is 2.37. The van der Waals surface area contributed by atoms with E-state index >= 15 is 0 Å². The number of imidazole rings is 1. The summed E-state index contributed by atoms with van der Waals surface area (Å²) in [5.74, 6) is 0.352. The molecule has 4 rings (SSSR count). The molecule has 1 aromatic carbocycles. The van der Waals surface area contributed by atoms with E-state index in [1.807, 2.05) is 22.8 Å². The zero-order valence-electron chi connectivity index (χ0n) is 12.3. The highest BCUT2D eigenvalue weighted by molar-refractivity contribution is 8.01. The van der Waals surface area contributed by atoms with Crippen LogP contribution in [0, 0.1) is 0 Å². The van der Waals surface area contributed by atoms with Crippen molar-refractivity contribution >= 4 is 61.9 Å². The molecule has 10 heteroatoms. The van der Waals surface area contributed by atoms with Crippen LogP contribution in [0.3, 0.4) is 0 Å². The van der Waals surface area contributed by atoms with Gasteiger partial charge in [-0.1, -0.05) is 17.7 Å². The first-order valence-corrected chi connectivity index (χ1v) is 9.08. The van der Waals surface area contributed by atoms with Crippen molar-refractivity contribution in [3.05, 3.63) is 29.5 Å². The Balaban J connectivity index is 1.81. The zero-order valence-corrected chi connectivity index (χ0v) is 14.7. The first-order valence-electron chi connectivity index (χ1n) is 7.07. The summed E-state index contributed by atoms with van der Waals surface area (Å²) in [6.07, 6.45) is 1.43. The molecule has 0 spiro atoms. The Kier molecular flexibility index (Phi) is 4.01. The number of hydrogen-bond donors (Lipinski definition) is 2. The SMILES string of the molecule is NCCn1c(Sc2nc3cccc(Cl)c3s2)nc2c(N)ncnc21. The molecule has 122 valence electrons. The van der Waals surface area contributed by atoms with Crippen molar-refractivity contribution in [3.8, 4) is 0 Å².